The first-order valence-electron chi connectivity index (χ1n) is 9.26. The van der Waals surface area contributed by atoms with Gasteiger partial charge in [0.2, 0.25) is 5.91 Å². The van der Waals surface area contributed by atoms with E-state index < -0.39 is 11.4 Å². The van der Waals surface area contributed by atoms with Crippen molar-refractivity contribution in [1.29, 1.82) is 0 Å². The molecule has 2 fully saturated rings. The maximum absolute atomic E-state index is 13.1. The number of para-hydroxylation sites is 1. The molecule has 0 aliphatic carbocycles. The number of hydrogen-bond donors (Lipinski definition) is 2. The van der Waals surface area contributed by atoms with Gasteiger partial charge in [0.25, 0.3) is 0 Å². The van der Waals surface area contributed by atoms with Gasteiger partial charge in [0.1, 0.15) is 0 Å². The highest BCUT2D eigenvalue weighted by Gasteiger charge is 2.60. The maximum atomic E-state index is 13.1. The molecule has 3 aliphatic heterocycles. The molecule has 142 valence electrons. The number of carbonyl (C=O) groups excluding carboxylic acids is 1. The van der Waals surface area contributed by atoms with Gasteiger partial charge in [-0.15, -0.1) is 6.58 Å². The highest BCUT2D eigenvalue weighted by atomic mass is 16.5. The van der Waals surface area contributed by atoms with Crippen LogP contribution in [-0.4, -0.2) is 48.1 Å². The molecule has 2 N–H and O–H groups in total. The summed E-state index contributed by atoms with van der Waals surface area (Å²) in [5.41, 5.74) is 1.54. The predicted octanol–water partition coefficient (Wildman–Crippen LogP) is 2.39. The number of carboxylic acids is 1. The van der Waals surface area contributed by atoms with Crippen LogP contribution in [0.4, 0.5) is 5.69 Å². The fourth-order valence-corrected chi connectivity index (χ4v) is 5.27. The van der Waals surface area contributed by atoms with Crippen molar-refractivity contribution in [3.63, 3.8) is 0 Å². The van der Waals surface area contributed by atoms with Gasteiger partial charge in [-0.3, -0.25) is 9.69 Å². The van der Waals surface area contributed by atoms with Crippen LogP contribution in [0.3, 0.4) is 0 Å². The monoisotopic (exact) mass is 368 g/mol. The molecule has 6 heteroatoms. The average molecular weight is 368 g/mol. The Morgan fingerprint density at radius 3 is 2.93 bits per heavy atom. The minimum Gasteiger partial charge on any atom is -0.504 e. The van der Waals surface area contributed by atoms with E-state index in [1.807, 2.05) is 30.3 Å². The standard InChI is InChI=1S/C21H24N2O4/c1-3-13-11-23-9-8-21(16-6-4-5-7-17(16)22-20(21)26)18(23)10-14(13)15(12-27-2)19(24)25/h3-7,12-14,18H,1,8-11H2,2H3,(H,22,26)(H,24,25)/b15-12-/t13-,14+,18+,21+/m1/s1. The topological polar surface area (TPSA) is 78.9 Å². The number of nitrogens with one attached hydrogen (secondary N) is 1. The summed E-state index contributed by atoms with van der Waals surface area (Å²) in [6.07, 6.45) is 4.48. The summed E-state index contributed by atoms with van der Waals surface area (Å²) >= 11 is 0. The molecule has 4 atom stereocenters. The molecule has 2 saturated heterocycles. The molecule has 27 heavy (non-hydrogen) atoms. The molecule has 0 saturated carbocycles. The van der Waals surface area contributed by atoms with Crippen LogP contribution in [0.2, 0.25) is 0 Å². The molecule has 1 aromatic rings. The van der Waals surface area contributed by atoms with Crippen LogP contribution in [-0.2, 0) is 19.7 Å². The molecule has 0 unspecified atom stereocenters. The molecule has 3 aliphatic rings. The van der Waals surface area contributed by atoms with Crippen LogP contribution < -0.4 is 5.32 Å². The van der Waals surface area contributed by atoms with E-state index in [4.69, 9.17) is 4.74 Å². The number of carbonyl (C=O) groups is 2. The average Bonchev–Trinajstić information content (AvgIpc) is 3.18. The van der Waals surface area contributed by atoms with Gasteiger partial charge in [-0.2, -0.15) is 0 Å². The minimum absolute atomic E-state index is 0.00797. The number of aliphatic carboxylic acids is 1. The molecule has 0 bridgehead atoms. The summed E-state index contributed by atoms with van der Waals surface area (Å²) in [5, 5.41) is 12.7. The first kappa shape index (κ1) is 17.8. The van der Waals surface area contributed by atoms with E-state index in [9.17, 15) is 14.7 Å². The van der Waals surface area contributed by atoms with Crippen molar-refractivity contribution >= 4 is 17.6 Å². The van der Waals surface area contributed by atoms with Crippen molar-refractivity contribution in [3.8, 4) is 0 Å². The predicted molar refractivity (Wildman–Crippen MR) is 101 cm³/mol. The zero-order valence-electron chi connectivity index (χ0n) is 15.4. The molecule has 0 aromatic heterocycles. The molecule has 3 heterocycles. The second kappa shape index (κ2) is 6.53. The summed E-state index contributed by atoms with van der Waals surface area (Å²) in [7, 11) is 1.46. The van der Waals surface area contributed by atoms with Crippen molar-refractivity contribution < 1.29 is 19.4 Å². The number of fused-ring (bicyclic) bond motifs is 4. The van der Waals surface area contributed by atoms with Gasteiger partial charge < -0.3 is 15.2 Å². The van der Waals surface area contributed by atoms with Gasteiger partial charge in [-0.1, -0.05) is 24.3 Å². The number of nitrogens with zero attached hydrogens (tertiary/aromatic N) is 1. The quantitative estimate of drug-likeness (QED) is 0.485. The SMILES string of the molecule is C=C[C@@H]1CN2CC[C@@]3(C(=O)Nc4ccccc43)[C@@H]2C[C@@H]1/C(=C/OC)C(=O)O. The van der Waals surface area contributed by atoms with Crippen LogP contribution in [0.15, 0.2) is 48.8 Å². The fourth-order valence-electron chi connectivity index (χ4n) is 5.27. The van der Waals surface area contributed by atoms with E-state index in [1.165, 1.54) is 13.4 Å². The second-order valence-electron chi connectivity index (χ2n) is 7.59. The van der Waals surface area contributed by atoms with Crippen molar-refractivity contribution in [1.82, 2.24) is 4.90 Å². The molecule has 1 spiro atoms. The van der Waals surface area contributed by atoms with Gasteiger partial charge in [0.05, 0.1) is 24.4 Å². The van der Waals surface area contributed by atoms with Crippen LogP contribution in [0.1, 0.15) is 18.4 Å². The van der Waals surface area contributed by atoms with Crippen LogP contribution >= 0.6 is 0 Å². The molecule has 1 aromatic carbocycles. The van der Waals surface area contributed by atoms with Gasteiger partial charge in [-0.05, 0) is 36.9 Å². The Labute approximate surface area is 158 Å². The van der Waals surface area contributed by atoms with E-state index in [2.05, 4.69) is 16.8 Å². The van der Waals surface area contributed by atoms with Gasteiger partial charge in [-0.25, -0.2) is 4.79 Å². The van der Waals surface area contributed by atoms with E-state index >= 15 is 0 Å². The lowest BCUT2D eigenvalue weighted by Gasteiger charge is -2.44. The van der Waals surface area contributed by atoms with Gasteiger partial charge in [0, 0.05) is 24.2 Å². The van der Waals surface area contributed by atoms with Crippen LogP contribution in [0, 0.1) is 11.8 Å². The highest BCUT2D eigenvalue weighted by Crippen LogP contribution is 2.52. The summed E-state index contributed by atoms with van der Waals surface area (Å²) in [6.45, 7) is 5.44. The Balaban J connectivity index is 1.76. The second-order valence-corrected chi connectivity index (χ2v) is 7.59. The van der Waals surface area contributed by atoms with Crippen LogP contribution in [0.25, 0.3) is 0 Å². The van der Waals surface area contributed by atoms with E-state index in [-0.39, 0.29) is 29.4 Å². The number of rotatable bonds is 4. The first-order valence-corrected chi connectivity index (χ1v) is 9.26. The first-order chi connectivity index (χ1) is 13.0. The summed E-state index contributed by atoms with van der Waals surface area (Å²) in [4.78, 5) is 27.3. The van der Waals surface area contributed by atoms with E-state index in [0.717, 1.165) is 24.2 Å². The molecular weight excluding hydrogens is 344 g/mol. The normalized spacial score (nSPS) is 32.7. The van der Waals surface area contributed by atoms with Crippen molar-refractivity contribution in [3.05, 3.63) is 54.3 Å². The largest absolute Gasteiger partial charge is 0.504 e. The number of piperidine rings is 1. The number of amides is 1. The Kier molecular flexibility index (Phi) is 4.30. The molecular formula is C21H24N2O4. The van der Waals surface area contributed by atoms with Crippen LogP contribution in [0.5, 0.6) is 0 Å². The Morgan fingerprint density at radius 2 is 2.22 bits per heavy atom. The van der Waals surface area contributed by atoms with Crippen molar-refractivity contribution in [2.24, 2.45) is 11.8 Å². The zero-order chi connectivity index (χ0) is 19.2. The smallest absolute Gasteiger partial charge is 0.334 e. The molecule has 4 rings (SSSR count). The zero-order valence-corrected chi connectivity index (χ0v) is 15.4. The number of methoxy groups -OCH3 is 1. The molecule has 1 amide bonds. The summed E-state index contributed by atoms with van der Waals surface area (Å²) < 4.78 is 5.05. The fraction of sp³-hybridized carbons (Fsp3) is 0.429. The third-order valence-electron chi connectivity index (χ3n) is 6.50. The number of carboxylic acid groups (broad SMARTS) is 1. The van der Waals surface area contributed by atoms with E-state index in [0.29, 0.717) is 13.0 Å². The Bertz CT molecular complexity index is 833. The Morgan fingerprint density at radius 1 is 1.44 bits per heavy atom. The summed E-state index contributed by atoms with van der Waals surface area (Å²) in [5.74, 6) is -1.18. The van der Waals surface area contributed by atoms with Gasteiger partial charge in [0.15, 0.2) is 0 Å². The number of hydrogen-bond acceptors (Lipinski definition) is 4. The highest BCUT2D eigenvalue weighted by molar-refractivity contribution is 6.07. The Hall–Kier alpha value is -2.60. The molecule has 0 radical (unpaired) electrons. The minimum atomic E-state index is -0.981. The number of anilines is 1. The number of ether oxygens (including phenoxy) is 1. The number of benzene rings is 1. The van der Waals surface area contributed by atoms with E-state index in [1.54, 1.807) is 0 Å². The third-order valence-corrected chi connectivity index (χ3v) is 6.50. The third kappa shape index (κ3) is 2.51. The summed E-state index contributed by atoms with van der Waals surface area (Å²) in [6, 6.07) is 7.80. The molecule has 6 nitrogen and oxygen atoms in total. The lowest BCUT2D eigenvalue weighted by Crippen LogP contribution is -2.53. The van der Waals surface area contributed by atoms with Gasteiger partial charge >= 0.3 is 5.97 Å². The lowest BCUT2D eigenvalue weighted by molar-refractivity contribution is -0.134. The maximum Gasteiger partial charge on any atom is 0.334 e. The van der Waals surface area contributed by atoms with Crippen molar-refractivity contribution in [2.45, 2.75) is 24.3 Å². The van der Waals surface area contributed by atoms with Crippen molar-refractivity contribution in [2.75, 3.05) is 25.5 Å². The lowest BCUT2D eigenvalue weighted by atomic mass is 9.68.